The van der Waals surface area contributed by atoms with Crippen molar-refractivity contribution in [3.05, 3.63) is 30.3 Å². The average molecular weight is 388 g/mol. The fourth-order valence-corrected chi connectivity index (χ4v) is 3.83. The molecule has 28 heavy (non-hydrogen) atoms. The van der Waals surface area contributed by atoms with Gasteiger partial charge in [-0.25, -0.2) is 4.79 Å². The van der Waals surface area contributed by atoms with Crippen LogP contribution in [-0.2, 0) is 4.79 Å². The van der Waals surface area contributed by atoms with Crippen molar-refractivity contribution in [3.63, 3.8) is 0 Å². The van der Waals surface area contributed by atoms with Crippen LogP contribution in [0, 0.1) is 5.92 Å². The standard InChI is InChI=1S/C21H33N5O2/c1-24-13-15-25(16-14-24)11-6-10-22-20(27)18-7-5-12-26(17-18)21(28)23-19-8-3-2-4-9-19/h2-4,8-9,18H,5-7,10-17H2,1H3,(H,22,27)(H,23,28). The Morgan fingerprint density at radius 3 is 2.57 bits per heavy atom. The lowest BCUT2D eigenvalue weighted by Crippen LogP contribution is -2.47. The molecule has 154 valence electrons. The Hall–Kier alpha value is -2.12. The Labute approximate surface area is 168 Å². The number of carbonyl (C=O) groups is 2. The third kappa shape index (κ3) is 6.21. The van der Waals surface area contributed by atoms with Gasteiger partial charge in [0.25, 0.3) is 0 Å². The Morgan fingerprint density at radius 1 is 1.07 bits per heavy atom. The molecule has 2 heterocycles. The van der Waals surface area contributed by atoms with Gasteiger partial charge in [-0.3, -0.25) is 4.79 Å². The van der Waals surface area contributed by atoms with Gasteiger partial charge < -0.3 is 25.3 Å². The van der Waals surface area contributed by atoms with Crippen LogP contribution in [0.3, 0.4) is 0 Å². The summed E-state index contributed by atoms with van der Waals surface area (Å²) < 4.78 is 0. The smallest absolute Gasteiger partial charge is 0.321 e. The van der Waals surface area contributed by atoms with Gasteiger partial charge in [0.2, 0.25) is 5.91 Å². The zero-order valence-electron chi connectivity index (χ0n) is 16.9. The van der Waals surface area contributed by atoms with E-state index in [4.69, 9.17) is 0 Å². The van der Waals surface area contributed by atoms with Gasteiger partial charge in [0.05, 0.1) is 5.92 Å². The van der Waals surface area contributed by atoms with Crippen LogP contribution in [0.2, 0.25) is 0 Å². The first-order valence-corrected chi connectivity index (χ1v) is 10.4. The number of hydrogen-bond acceptors (Lipinski definition) is 4. The summed E-state index contributed by atoms with van der Waals surface area (Å²) in [7, 11) is 2.16. The minimum atomic E-state index is -0.126. The maximum atomic E-state index is 12.5. The van der Waals surface area contributed by atoms with Crippen molar-refractivity contribution in [3.8, 4) is 0 Å². The average Bonchev–Trinajstić information content (AvgIpc) is 2.73. The molecule has 0 bridgehead atoms. The molecular weight excluding hydrogens is 354 g/mol. The molecule has 2 aliphatic heterocycles. The second-order valence-corrected chi connectivity index (χ2v) is 7.87. The lowest BCUT2D eigenvalue weighted by Gasteiger charge is -2.33. The zero-order chi connectivity index (χ0) is 19.8. The predicted molar refractivity (Wildman–Crippen MR) is 111 cm³/mol. The summed E-state index contributed by atoms with van der Waals surface area (Å²) in [5, 5.41) is 5.98. The number of benzene rings is 1. The predicted octanol–water partition coefficient (Wildman–Crippen LogP) is 1.68. The lowest BCUT2D eigenvalue weighted by molar-refractivity contribution is -0.126. The first kappa shape index (κ1) is 20.6. The van der Waals surface area contributed by atoms with E-state index in [0.29, 0.717) is 19.6 Å². The third-order valence-corrected chi connectivity index (χ3v) is 5.65. The first-order chi connectivity index (χ1) is 13.6. The van der Waals surface area contributed by atoms with Crippen LogP contribution in [0.1, 0.15) is 19.3 Å². The van der Waals surface area contributed by atoms with E-state index in [0.717, 1.165) is 57.7 Å². The summed E-state index contributed by atoms with van der Waals surface area (Å²) in [4.78, 5) is 31.6. The molecule has 2 N–H and O–H groups in total. The highest BCUT2D eigenvalue weighted by molar-refractivity contribution is 5.90. The number of piperidine rings is 1. The van der Waals surface area contributed by atoms with Crippen molar-refractivity contribution in [2.75, 3.05) is 64.7 Å². The Bertz CT molecular complexity index is 631. The molecule has 1 unspecified atom stereocenters. The molecule has 2 fully saturated rings. The molecule has 0 spiro atoms. The van der Waals surface area contributed by atoms with E-state index in [1.54, 1.807) is 4.90 Å². The summed E-state index contributed by atoms with van der Waals surface area (Å²) in [6, 6.07) is 9.31. The number of amides is 3. The van der Waals surface area contributed by atoms with E-state index in [9.17, 15) is 9.59 Å². The van der Waals surface area contributed by atoms with Crippen LogP contribution < -0.4 is 10.6 Å². The van der Waals surface area contributed by atoms with Crippen LogP contribution in [0.25, 0.3) is 0 Å². The Kier molecular flexibility index (Phi) is 7.68. The molecule has 0 aliphatic carbocycles. The topological polar surface area (TPSA) is 67.9 Å². The quantitative estimate of drug-likeness (QED) is 0.729. The van der Waals surface area contributed by atoms with Crippen molar-refractivity contribution in [1.82, 2.24) is 20.0 Å². The third-order valence-electron chi connectivity index (χ3n) is 5.65. The molecule has 0 radical (unpaired) electrons. The normalized spacial score (nSPS) is 21.3. The molecular formula is C21H33N5O2. The van der Waals surface area contributed by atoms with E-state index in [1.165, 1.54) is 0 Å². The first-order valence-electron chi connectivity index (χ1n) is 10.4. The van der Waals surface area contributed by atoms with E-state index in [1.807, 2.05) is 30.3 Å². The molecule has 7 heteroatoms. The number of anilines is 1. The maximum absolute atomic E-state index is 12.5. The van der Waals surface area contributed by atoms with E-state index in [2.05, 4.69) is 27.5 Å². The van der Waals surface area contributed by atoms with E-state index >= 15 is 0 Å². The zero-order valence-corrected chi connectivity index (χ0v) is 16.9. The minimum absolute atomic E-state index is 0.0792. The largest absolute Gasteiger partial charge is 0.356 e. The molecule has 1 aromatic carbocycles. The highest BCUT2D eigenvalue weighted by Crippen LogP contribution is 2.18. The number of para-hydroxylation sites is 1. The van der Waals surface area contributed by atoms with Gasteiger partial charge in [-0.2, -0.15) is 0 Å². The van der Waals surface area contributed by atoms with E-state index in [-0.39, 0.29) is 17.9 Å². The number of nitrogens with zero attached hydrogens (tertiary/aromatic N) is 3. The number of carbonyl (C=O) groups excluding carboxylic acids is 2. The minimum Gasteiger partial charge on any atom is -0.356 e. The van der Waals surface area contributed by atoms with Crippen molar-refractivity contribution in [1.29, 1.82) is 0 Å². The maximum Gasteiger partial charge on any atom is 0.321 e. The van der Waals surface area contributed by atoms with Gasteiger partial charge in [0.1, 0.15) is 0 Å². The lowest BCUT2D eigenvalue weighted by atomic mass is 9.97. The van der Waals surface area contributed by atoms with Crippen LogP contribution in [0.15, 0.2) is 30.3 Å². The number of likely N-dealkylation sites (tertiary alicyclic amines) is 1. The van der Waals surface area contributed by atoms with E-state index < -0.39 is 0 Å². The molecule has 7 nitrogen and oxygen atoms in total. The van der Waals surface area contributed by atoms with Crippen LogP contribution in [0.5, 0.6) is 0 Å². The molecule has 2 aliphatic rings. The Balaban J connectivity index is 1.36. The molecule has 3 rings (SSSR count). The SMILES string of the molecule is CN1CCN(CCCNC(=O)C2CCCN(C(=O)Nc3ccccc3)C2)CC1. The number of nitrogens with one attached hydrogen (secondary N) is 2. The second kappa shape index (κ2) is 10.4. The van der Waals surface area contributed by atoms with Gasteiger partial charge >= 0.3 is 6.03 Å². The van der Waals surface area contributed by atoms with Crippen LogP contribution in [-0.4, -0.2) is 86.0 Å². The molecule has 3 amide bonds. The summed E-state index contributed by atoms with van der Waals surface area (Å²) in [5.74, 6) is -0.0329. The number of piperazine rings is 1. The molecule has 0 aromatic heterocycles. The highest BCUT2D eigenvalue weighted by atomic mass is 16.2. The van der Waals surface area contributed by atoms with Gasteiger partial charge in [0.15, 0.2) is 0 Å². The summed E-state index contributed by atoms with van der Waals surface area (Å²) >= 11 is 0. The fraction of sp³-hybridized carbons (Fsp3) is 0.619. The van der Waals surface area contributed by atoms with Gasteiger partial charge in [-0.05, 0) is 45.0 Å². The number of hydrogen-bond donors (Lipinski definition) is 2. The summed E-state index contributed by atoms with van der Waals surface area (Å²) in [5.41, 5.74) is 0.781. The van der Waals surface area contributed by atoms with Crippen LogP contribution >= 0.6 is 0 Å². The van der Waals surface area contributed by atoms with Crippen molar-refractivity contribution in [2.45, 2.75) is 19.3 Å². The van der Waals surface area contributed by atoms with Gasteiger partial charge in [-0.1, -0.05) is 18.2 Å². The van der Waals surface area contributed by atoms with Crippen LogP contribution in [0.4, 0.5) is 10.5 Å². The van der Waals surface area contributed by atoms with Crippen molar-refractivity contribution in [2.24, 2.45) is 5.92 Å². The van der Waals surface area contributed by atoms with Gasteiger partial charge in [-0.15, -0.1) is 0 Å². The molecule has 0 saturated carbocycles. The summed E-state index contributed by atoms with van der Waals surface area (Å²) in [6.45, 7) is 7.39. The molecule has 1 aromatic rings. The fourth-order valence-electron chi connectivity index (χ4n) is 3.83. The second-order valence-electron chi connectivity index (χ2n) is 7.87. The Morgan fingerprint density at radius 2 is 1.82 bits per heavy atom. The number of urea groups is 1. The number of rotatable bonds is 6. The van der Waals surface area contributed by atoms with Gasteiger partial charge in [0, 0.05) is 51.5 Å². The highest BCUT2D eigenvalue weighted by Gasteiger charge is 2.28. The summed E-state index contributed by atoms with van der Waals surface area (Å²) in [6.07, 6.45) is 2.68. The molecule has 1 atom stereocenters. The molecule has 2 saturated heterocycles. The van der Waals surface area contributed by atoms with Crippen molar-refractivity contribution >= 4 is 17.6 Å². The van der Waals surface area contributed by atoms with Crippen molar-refractivity contribution < 1.29 is 9.59 Å². The number of likely N-dealkylation sites (N-methyl/N-ethyl adjacent to an activating group) is 1. The monoisotopic (exact) mass is 387 g/mol.